The molecule has 2 aromatic rings. The highest BCUT2D eigenvalue weighted by atomic mass is 16.5. The van der Waals surface area contributed by atoms with Crippen molar-refractivity contribution in [2.45, 2.75) is 0 Å². The Bertz CT molecular complexity index is 638. The molecule has 0 spiro atoms. The van der Waals surface area contributed by atoms with Gasteiger partial charge >= 0.3 is 0 Å². The average molecular weight is 208 g/mol. The third-order valence-corrected chi connectivity index (χ3v) is 2.55. The Kier molecular flexibility index (Phi) is 1.87. The topological polar surface area (TPSA) is 45.9 Å². The number of fused-ring (bicyclic) bond motifs is 2. The second kappa shape index (κ2) is 3.35. The molecule has 3 nitrogen and oxygen atoms in total. The highest BCUT2D eigenvalue weighted by Crippen LogP contribution is 2.27. The summed E-state index contributed by atoms with van der Waals surface area (Å²) in [4.78, 5) is 4.41. The summed E-state index contributed by atoms with van der Waals surface area (Å²) in [6.07, 6.45) is 1.83. The summed E-state index contributed by atoms with van der Waals surface area (Å²) in [5.74, 6) is 0.609. The molecule has 16 heavy (non-hydrogen) atoms. The Morgan fingerprint density at radius 3 is 3.06 bits per heavy atom. The third kappa shape index (κ3) is 1.32. The maximum absolute atomic E-state index is 8.81. The summed E-state index contributed by atoms with van der Waals surface area (Å²) in [7, 11) is 0. The number of para-hydroxylation sites is 1. The summed E-state index contributed by atoms with van der Waals surface area (Å²) in [6, 6.07) is 12.0. The van der Waals surface area contributed by atoms with Gasteiger partial charge in [-0.05, 0) is 18.2 Å². The SMILES string of the molecule is N#CC1=Cc2cc3ccccc3nc2OC1. The standard InChI is InChI=1S/C13H8N2O/c14-7-9-5-11-6-10-3-1-2-4-12(10)15-13(11)16-8-9/h1-6H,8H2. The van der Waals surface area contributed by atoms with Crippen LogP contribution in [0.2, 0.25) is 0 Å². The lowest BCUT2D eigenvalue weighted by Gasteiger charge is -2.13. The minimum Gasteiger partial charge on any atom is -0.472 e. The molecule has 3 rings (SSSR count). The van der Waals surface area contributed by atoms with Crippen molar-refractivity contribution in [1.29, 1.82) is 5.26 Å². The van der Waals surface area contributed by atoms with Crippen molar-refractivity contribution in [3.63, 3.8) is 0 Å². The van der Waals surface area contributed by atoms with Gasteiger partial charge in [-0.25, -0.2) is 4.98 Å². The van der Waals surface area contributed by atoms with Crippen LogP contribution in [0.5, 0.6) is 5.88 Å². The number of hydrogen-bond donors (Lipinski definition) is 0. The smallest absolute Gasteiger partial charge is 0.221 e. The van der Waals surface area contributed by atoms with Crippen molar-refractivity contribution in [2.24, 2.45) is 0 Å². The van der Waals surface area contributed by atoms with E-state index in [1.807, 2.05) is 36.4 Å². The van der Waals surface area contributed by atoms with Crippen molar-refractivity contribution >= 4 is 17.0 Å². The molecule has 1 aliphatic heterocycles. The van der Waals surface area contributed by atoms with E-state index in [0.717, 1.165) is 16.5 Å². The zero-order chi connectivity index (χ0) is 11.0. The summed E-state index contributed by atoms with van der Waals surface area (Å²) < 4.78 is 5.43. The lowest BCUT2D eigenvalue weighted by molar-refractivity contribution is 0.339. The van der Waals surface area contributed by atoms with E-state index in [-0.39, 0.29) is 0 Å². The molecule has 1 aliphatic rings. The summed E-state index contributed by atoms with van der Waals surface area (Å²) in [5, 5.41) is 9.87. The Balaban J connectivity index is 2.26. The van der Waals surface area contributed by atoms with E-state index in [1.165, 1.54) is 0 Å². The van der Waals surface area contributed by atoms with Gasteiger partial charge < -0.3 is 4.74 Å². The minimum atomic E-state index is 0.314. The summed E-state index contributed by atoms with van der Waals surface area (Å²) in [6.45, 7) is 0.314. The predicted molar refractivity (Wildman–Crippen MR) is 60.8 cm³/mol. The van der Waals surface area contributed by atoms with E-state index in [2.05, 4.69) is 11.1 Å². The number of nitrogens with zero attached hydrogens (tertiary/aromatic N) is 2. The van der Waals surface area contributed by atoms with Gasteiger partial charge in [-0.3, -0.25) is 0 Å². The lowest BCUT2D eigenvalue weighted by atomic mass is 10.1. The first-order valence-electron chi connectivity index (χ1n) is 5.00. The number of rotatable bonds is 0. The van der Waals surface area contributed by atoms with E-state index in [1.54, 1.807) is 0 Å². The number of nitriles is 1. The molecule has 0 unspecified atom stereocenters. The molecule has 0 saturated carbocycles. The molecule has 0 bridgehead atoms. The Hall–Kier alpha value is -2.34. The number of aromatic nitrogens is 1. The minimum absolute atomic E-state index is 0.314. The molecule has 0 radical (unpaired) electrons. The fraction of sp³-hybridized carbons (Fsp3) is 0.0769. The summed E-state index contributed by atoms with van der Waals surface area (Å²) in [5.41, 5.74) is 2.42. The lowest BCUT2D eigenvalue weighted by Crippen LogP contribution is -2.07. The van der Waals surface area contributed by atoms with E-state index in [0.29, 0.717) is 18.1 Å². The van der Waals surface area contributed by atoms with E-state index >= 15 is 0 Å². The highest BCUT2D eigenvalue weighted by Gasteiger charge is 2.13. The molecule has 76 valence electrons. The molecule has 2 heterocycles. The van der Waals surface area contributed by atoms with Crippen LogP contribution >= 0.6 is 0 Å². The van der Waals surface area contributed by atoms with Crippen LogP contribution in [0.4, 0.5) is 0 Å². The van der Waals surface area contributed by atoms with Crippen LogP contribution in [-0.4, -0.2) is 11.6 Å². The van der Waals surface area contributed by atoms with E-state index in [9.17, 15) is 0 Å². The van der Waals surface area contributed by atoms with Crippen LogP contribution in [0.1, 0.15) is 5.56 Å². The molecular weight excluding hydrogens is 200 g/mol. The van der Waals surface area contributed by atoms with Gasteiger partial charge in [-0.15, -0.1) is 0 Å². The van der Waals surface area contributed by atoms with E-state index < -0.39 is 0 Å². The van der Waals surface area contributed by atoms with Gasteiger partial charge in [0, 0.05) is 10.9 Å². The molecule has 1 aromatic carbocycles. The van der Waals surface area contributed by atoms with Crippen molar-refractivity contribution in [1.82, 2.24) is 4.98 Å². The maximum atomic E-state index is 8.81. The molecular formula is C13H8N2O. The molecule has 0 atom stereocenters. The van der Waals surface area contributed by atoms with E-state index in [4.69, 9.17) is 10.00 Å². The highest BCUT2D eigenvalue weighted by molar-refractivity contribution is 5.83. The summed E-state index contributed by atoms with van der Waals surface area (Å²) >= 11 is 0. The van der Waals surface area contributed by atoms with Crippen molar-refractivity contribution in [2.75, 3.05) is 6.61 Å². The zero-order valence-electron chi connectivity index (χ0n) is 8.47. The Labute approximate surface area is 92.6 Å². The first-order valence-corrected chi connectivity index (χ1v) is 5.00. The molecule has 0 N–H and O–H groups in total. The fourth-order valence-corrected chi connectivity index (χ4v) is 1.77. The van der Waals surface area contributed by atoms with Gasteiger partial charge in [0.05, 0.1) is 17.2 Å². The molecule has 0 fully saturated rings. The number of pyridine rings is 1. The van der Waals surface area contributed by atoms with Crippen LogP contribution in [0, 0.1) is 11.3 Å². The van der Waals surface area contributed by atoms with Crippen LogP contribution < -0.4 is 4.74 Å². The van der Waals surface area contributed by atoms with Crippen molar-refractivity contribution in [3.05, 3.63) is 41.5 Å². The first-order chi connectivity index (χ1) is 7.86. The second-order valence-electron chi connectivity index (χ2n) is 3.65. The number of ether oxygens (including phenoxy) is 1. The number of hydrogen-bond acceptors (Lipinski definition) is 3. The van der Waals surface area contributed by atoms with Crippen LogP contribution in [0.3, 0.4) is 0 Å². The van der Waals surface area contributed by atoms with Gasteiger partial charge in [0.15, 0.2) is 0 Å². The van der Waals surface area contributed by atoms with Crippen LogP contribution in [-0.2, 0) is 0 Å². The Morgan fingerprint density at radius 2 is 2.19 bits per heavy atom. The first kappa shape index (κ1) is 8.93. The van der Waals surface area contributed by atoms with Crippen molar-refractivity contribution in [3.8, 4) is 11.9 Å². The molecule has 3 heteroatoms. The Morgan fingerprint density at radius 1 is 1.31 bits per heavy atom. The predicted octanol–water partition coefficient (Wildman–Crippen LogP) is 2.53. The third-order valence-electron chi connectivity index (χ3n) is 2.55. The normalized spacial score (nSPS) is 13.6. The molecule has 0 aliphatic carbocycles. The quantitative estimate of drug-likeness (QED) is 0.668. The van der Waals surface area contributed by atoms with Crippen LogP contribution in [0.25, 0.3) is 17.0 Å². The van der Waals surface area contributed by atoms with Gasteiger partial charge in [-0.2, -0.15) is 5.26 Å². The van der Waals surface area contributed by atoms with Crippen molar-refractivity contribution < 1.29 is 4.74 Å². The molecule has 0 amide bonds. The van der Waals surface area contributed by atoms with Gasteiger partial charge in [0.2, 0.25) is 5.88 Å². The monoisotopic (exact) mass is 208 g/mol. The zero-order valence-corrected chi connectivity index (χ0v) is 8.47. The average Bonchev–Trinajstić information content (AvgIpc) is 2.35. The number of benzene rings is 1. The molecule has 0 saturated heterocycles. The van der Waals surface area contributed by atoms with Crippen LogP contribution in [0.15, 0.2) is 35.9 Å². The fourth-order valence-electron chi connectivity index (χ4n) is 1.77. The second-order valence-corrected chi connectivity index (χ2v) is 3.65. The van der Waals surface area contributed by atoms with Gasteiger partial charge in [0.25, 0.3) is 0 Å². The van der Waals surface area contributed by atoms with Gasteiger partial charge in [0.1, 0.15) is 6.61 Å². The van der Waals surface area contributed by atoms with Gasteiger partial charge in [-0.1, -0.05) is 18.2 Å². The molecule has 1 aromatic heterocycles. The largest absolute Gasteiger partial charge is 0.472 e. The maximum Gasteiger partial charge on any atom is 0.221 e.